The molecule has 1 aliphatic rings. The van der Waals surface area contributed by atoms with Crippen LogP contribution in [0.1, 0.15) is 19.8 Å². The summed E-state index contributed by atoms with van der Waals surface area (Å²) in [6.07, 6.45) is 1.37. The predicted molar refractivity (Wildman–Crippen MR) is 88.0 cm³/mol. The first-order valence-corrected chi connectivity index (χ1v) is 7.93. The lowest BCUT2D eigenvalue weighted by Crippen LogP contribution is -2.47. The highest BCUT2D eigenvalue weighted by atomic mass is 35.5. The molecule has 5 nitrogen and oxygen atoms in total. The van der Waals surface area contributed by atoms with Gasteiger partial charge in [0.1, 0.15) is 0 Å². The molecular formula is C15H19Cl2N3O2. The number of benzene rings is 1. The molecule has 2 rings (SSSR count). The molecule has 0 saturated carbocycles. The van der Waals surface area contributed by atoms with Crippen LogP contribution in [0.2, 0.25) is 10.0 Å². The maximum absolute atomic E-state index is 12.3. The molecular weight excluding hydrogens is 325 g/mol. The van der Waals surface area contributed by atoms with Crippen LogP contribution in [-0.2, 0) is 9.59 Å². The molecule has 1 aromatic carbocycles. The minimum absolute atomic E-state index is 0.0890. The fraction of sp³-hybridized carbons (Fsp3) is 0.467. The zero-order chi connectivity index (χ0) is 16.3. The van der Waals surface area contributed by atoms with Gasteiger partial charge in [0.15, 0.2) is 0 Å². The topological polar surface area (TPSA) is 75.4 Å². The van der Waals surface area contributed by atoms with E-state index in [0.717, 1.165) is 0 Å². The smallest absolute Gasteiger partial charge is 0.241 e. The Morgan fingerprint density at radius 1 is 1.32 bits per heavy atom. The van der Waals surface area contributed by atoms with Crippen molar-refractivity contribution >= 4 is 40.7 Å². The zero-order valence-corrected chi connectivity index (χ0v) is 13.8. The average Bonchev–Trinajstić information content (AvgIpc) is 2.50. The van der Waals surface area contributed by atoms with Gasteiger partial charge < -0.3 is 11.1 Å². The molecule has 0 spiro atoms. The Balaban J connectivity index is 1.95. The molecule has 22 heavy (non-hydrogen) atoms. The third kappa shape index (κ3) is 4.12. The van der Waals surface area contributed by atoms with Gasteiger partial charge in [-0.15, -0.1) is 0 Å². The fourth-order valence-corrected chi connectivity index (χ4v) is 2.90. The van der Waals surface area contributed by atoms with E-state index in [4.69, 9.17) is 28.9 Å². The van der Waals surface area contributed by atoms with E-state index in [9.17, 15) is 9.59 Å². The van der Waals surface area contributed by atoms with Gasteiger partial charge in [-0.25, -0.2) is 0 Å². The molecule has 0 aromatic heterocycles. The Labute approximate surface area is 139 Å². The number of carbonyl (C=O) groups excluding carboxylic acids is 2. The second-order valence-electron chi connectivity index (χ2n) is 5.50. The van der Waals surface area contributed by atoms with Crippen LogP contribution in [0.4, 0.5) is 5.69 Å². The summed E-state index contributed by atoms with van der Waals surface area (Å²) in [5, 5.41) is 3.74. The van der Waals surface area contributed by atoms with Gasteiger partial charge in [0, 0.05) is 10.9 Å². The van der Waals surface area contributed by atoms with Crippen LogP contribution in [0.3, 0.4) is 0 Å². The lowest BCUT2D eigenvalue weighted by atomic mass is 9.95. The average molecular weight is 344 g/mol. The standard InChI is InChI=1S/C15H19Cl2N3O2/c1-9(20-6-4-10(5-7-20)14(18)21)15(22)19-13-8-11(16)2-3-12(13)17/h2-3,8-10H,4-7H2,1H3,(H2,18,21)(H,19,22). The van der Waals surface area contributed by atoms with Crippen molar-refractivity contribution in [3.63, 3.8) is 0 Å². The molecule has 7 heteroatoms. The number of nitrogens with two attached hydrogens (primary N) is 1. The highest BCUT2D eigenvalue weighted by molar-refractivity contribution is 6.35. The van der Waals surface area contributed by atoms with E-state index in [1.807, 2.05) is 11.8 Å². The van der Waals surface area contributed by atoms with Crippen molar-refractivity contribution in [2.45, 2.75) is 25.8 Å². The van der Waals surface area contributed by atoms with Crippen molar-refractivity contribution in [3.05, 3.63) is 28.2 Å². The first kappa shape index (κ1) is 17.1. The van der Waals surface area contributed by atoms with Gasteiger partial charge >= 0.3 is 0 Å². The number of hydrogen-bond donors (Lipinski definition) is 2. The number of piperidine rings is 1. The largest absolute Gasteiger partial charge is 0.369 e. The van der Waals surface area contributed by atoms with Crippen LogP contribution < -0.4 is 11.1 Å². The molecule has 120 valence electrons. The zero-order valence-electron chi connectivity index (χ0n) is 12.3. The van der Waals surface area contributed by atoms with Crippen molar-refractivity contribution in [3.8, 4) is 0 Å². The lowest BCUT2D eigenvalue weighted by molar-refractivity contribution is -0.124. The predicted octanol–water partition coefficient (Wildman–Crippen LogP) is 2.52. The number of nitrogens with zero attached hydrogens (tertiary/aromatic N) is 1. The molecule has 1 heterocycles. The van der Waals surface area contributed by atoms with Gasteiger partial charge in [0.25, 0.3) is 0 Å². The number of halogens is 2. The van der Waals surface area contributed by atoms with Crippen molar-refractivity contribution in [2.75, 3.05) is 18.4 Å². The number of hydrogen-bond acceptors (Lipinski definition) is 3. The summed E-state index contributed by atoms with van der Waals surface area (Å²) in [6, 6.07) is 4.61. The van der Waals surface area contributed by atoms with Crippen LogP contribution in [0.15, 0.2) is 18.2 Å². The van der Waals surface area contributed by atoms with E-state index in [2.05, 4.69) is 5.32 Å². The van der Waals surface area contributed by atoms with E-state index in [0.29, 0.717) is 41.7 Å². The molecule has 1 aromatic rings. The van der Waals surface area contributed by atoms with Crippen molar-refractivity contribution in [2.24, 2.45) is 11.7 Å². The summed E-state index contributed by atoms with van der Waals surface area (Å²) >= 11 is 12.0. The Bertz CT molecular complexity index is 572. The third-order valence-electron chi connectivity index (χ3n) is 4.05. The Kier molecular flexibility index (Phi) is 5.67. The summed E-state index contributed by atoms with van der Waals surface area (Å²) in [5.41, 5.74) is 5.82. The van der Waals surface area contributed by atoms with E-state index < -0.39 is 0 Å². The summed E-state index contributed by atoms with van der Waals surface area (Å²) in [6.45, 7) is 3.18. The van der Waals surface area contributed by atoms with Gasteiger partial charge in [-0.05, 0) is 51.1 Å². The molecule has 1 saturated heterocycles. The van der Waals surface area contributed by atoms with Gasteiger partial charge in [0.2, 0.25) is 11.8 Å². The molecule has 0 aliphatic carbocycles. The van der Waals surface area contributed by atoms with Gasteiger partial charge in [-0.2, -0.15) is 0 Å². The minimum atomic E-state index is -0.316. The van der Waals surface area contributed by atoms with Gasteiger partial charge in [-0.3, -0.25) is 14.5 Å². The van der Waals surface area contributed by atoms with E-state index in [1.54, 1.807) is 18.2 Å². The van der Waals surface area contributed by atoms with Crippen molar-refractivity contribution in [1.82, 2.24) is 4.90 Å². The van der Waals surface area contributed by atoms with Crippen molar-refractivity contribution < 1.29 is 9.59 Å². The molecule has 0 bridgehead atoms. The molecule has 1 fully saturated rings. The number of likely N-dealkylation sites (tertiary alicyclic amines) is 1. The van der Waals surface area contributed by atoms with Crippen LogP contribution in [0, 0.1) is 5.92 Å². The van der Waals surface area contributed by atoms with Crippen LogP contribution >= 0.6 is 23.2 Å². The van der Waals surface area contributed by atoms with Crippen LogP contribution in [-0.4, -0.2) is 35.8 Å². The number of rotatable bonds is 4. The number of anilines is 1. The second-order valence-corrected chi connectivity index (χ2v) is 6.35. The van der Waals surface area contributed by atoms with E-state index in [-0.39, 0.29) is 23.8 Å². The molecule has 1 aliphatic heterocycles. The number of primary amides is 1. The Hall–Kier alpha value is -1.30. The number of carbonyl (C=O) groups is 2. The SMILES string of the molecule is CC(C(=O)Nc1cc(Cl)ccc1Cl)N1CCC(C(N)=O)CC1. The Morgan fingerprint density at radius 3 is 2.55 bits per heavy atom. The van der Waals surface area contributed by atoms with E-state index in [1.165, 1.54) is 0 Å². The van der Waals surface area contributed by atoms with Crippen LogP contribution in [0.5, 0.6) is 0 Å². The second kappa shape index (κ2) is 7.31. The fourth-order valence-electron chi connectivity index (χ4n) is 2.57. The highest BCUT2D eigenvalue weighted by Crippen LogP contribution is 2.26. The first-order chi connectivity index (χ1) is 10.4. The molecule has 1 unspecified atom stereocenters. The highest BCUT2D eigenvalue weighted by Gasteiger charge is 2.28. The Morgan fingerprint density at radius 2 is 1.95 bits per heavy atom. The molecule has 1 atom stereocenters. The summed E-state index contributed by atoms with van der Waals surface area (Å²) in [7, 11) is 0. The van der Waals surface area contributed by atoms with Crippen LogP contribution in [0.25, 0.3) is 0 Å². The normalized spacial score (nSPS) is 18.0. The van der Waals surface area contributed by atoms with Crippen molar-refractivity contribution in [1.29, 1.82) is 0 Å². The monoisotopic (exact) mass is 343 g/mol. The lowest BCUT2D eigenvalue weighted by Gasteiger charge is -2.34. The quantitative estimate of drug-likeness (QED) is 0.881. The summed E-state index contributed by atoms with van der Waals surface area (Å²) in [5.74, 6) is -0.502. The van der Waals surface area contributed by atoms with E-state index >= 15 is 0 Å². The maximum atomic E-state index is 12.3. The van der Waals surface area contributed by atoms with Gasteiger partial charge in [-0.1, -0.05) is 23.2 Å². The number of nitrogens with one attached hydrogen (secondary N) is 1. The van der Waals surface area contributed by atoms with Gasteiger partial charge in [0.05, 0.1) is 16.8 Å². The summed E-state index contributed by atoms with van der Waals surface area (Å²) < 4.78 is 0. The molecule has 0 radical (unpaired) electrons. The first-order valence-electron chi connectivity index (χ1n) is 7.17. The maximum Gasteiger partial charge on any atom is 0.241 e. The number of amides is 2. The summed E-state index contributed by atoms with van der Waals surface area (Å²) in [4.78, 5) is 25.6. The molecule has 3 N–H and O–H groups in total. The molecule has 2 amide bonds. The third-order valence-corrected chi connectivity index (χ3v) is 4.61. The minimum Gasteiger partial charge on any atom is -0.369 e.